The van der Waals surface area contributed by atoms with Crippen molar-refractivity contribution in [2.75, 3.05) is 5.32 Å². The highest BCUT2D eigenvalue weighted by Crippen LogP contribution is 2.34. The van der Waals surface area contributed by atoms with Crippen LogP contribution in [0, 0.1) is 23.0 Å². The van der Waals surface area contributed by atoms with E-state index < -0.39 is 11.6 Å². The van der Waals surface area contributed by atoms with Crippen LogP contribution in [0.25, 0.3) is 16.9 Å². The largest absolute Gasteiger partial charge is 0.337 e. The van der Waals surface area contributed by atoms with Gasteiger partial charge in [0.15, 0.2) is 23.1 Å². The van der Waals surface area contributed by atoms with E-state index in [1.54, 1.807) is 4.52 Å². The quantitative estimate of drug-likeness (QED) is 0.497. The smallest absolute Gasteiger partial charge is 0.173 e. The molecular formula is C18H10BrF2N5. The number of nitriles is 1. The highest BCUT2D eigenvalue weighted by atomic mass is 79.9. The maximum Gasteiger partial charge on any atom is 0.173 e. The van der Waals surface area contributed by atoms with Crippen molar-refractivity contribution in [1.82, 2.24) is 14.6 Å². The van der Waals surface area contributed by atoms with Gasteiger partial charge in [0.25, 0.3) is 0 Å². The highest BCUT2D eigenvalue weighted by Gasteiger charge is 2.19. The van der Waals surface area contributed by atoms with Gasteiger partial charge in [-0.25, -0.2) is 18.3 Å². The monoisotopic (exact) mass is 413 g/mol. The molecular weight excluding hydrogens is 404 g/mol. The average Bonchev–Trinajstić information content (AvgIpc) is 3.19. The number of anilines is 2. The number of aromatic nitrogens is 3. The summed E-state index contributed by atoms with van der Waals surface area (Å²) in [6.45, 7) is 0. The Kier molecular flexibility index (Phi) is 3.93. The standard InChI is InChI=1S/C18H10BrF2N5/c19-12-3-1-2-4-15(12)24-18-16(10-5-6-13(20)14(21)7-10)25-17-11(8-22)9-23-26(17)18/h1-7,9,23-24H. The predicted molar refractivity (Wildman–Crippen MR) is 97.0 cm³/mol. The fourth-order valence-electron chi connectivity index (χ4n) is 2.65. The number of aromatic amines is 1. The molecule has 0 aliphatic rings. The van der Waals surface area contributed by atoms with Crippen molar-refractivity contribution in [1.29, 1.82) is 5.26 Å². The molecule has 0 spiro atoms. The minimum absolute atomic E-state index is 0.342. The molecule has 128 valence electrons. The van der Waals surface area contributed by atoms with Crippen LogP contribution in [0.3, 0.4) is 0 Å². The lowest BCUT2D eigenvalue weighted by Gasteiger charge is -2.10. The lowest BCUT2D eigenvalue weighted by Crippen LogP contribution is -1.98. The van der Waals surface area contributed by atoms with Gasteiger partial charge in [-0.3, -0.25) is 5.10 Å². The normalized spacial score (nSPS) is 10.8. The molecule has 2 heterocycles. The zero-order chi connectivity index (χ0) is 18.3. The van der Waals surface area contributed by atoms with Crippen LogP contribution in [-0.2, 0) is 0 Å². The van der Waals surface area contributed by atoms with Crippen molar-refractivity contribution >= 4 is 33.1 Å². The zero-order valence-corrected chi connectivity index (χ0v) is 14.7. The van der Waals surface area contributed by atoms with Gasteiger partial charge in [0.2, 0.25) is 0 Å². The Balaban J connectivity index is 1.94. The molecule has 0 unspecified atom stereocenters. The summed E-state index contributed by atoms with van der Waals surface area (Å²) in [4.78, 5) is 4.45. The van der Waals surface area contributed by atoms with Crippen LogP contribution in [0.5, 0.6) is 0 Å². The van der Waals surface area contributed by atoms with Crippen molar-refractivity contribution in [2.24, 2.45) is 0 Å². The summed E-state index contributed by atoms with van der Waals surface area (Å²) in [5.74, 6) is -1.40. The van der Waals surface area contributed by atoms with E-state index in [1.165, 1.54) is 12.3 Å². The topological polar surface area (TPSA) is 68.9 Å². The Morgan fingerprint density at radius 1 is 1.15 bits per heavy atom. The van der Waals surface area contributed by atoms with Gasteiger partial charge in [0.05, 0.1) is 5.69 Å². The van der Waals surface area contributed by atoms with Gasteiger partial charge >= 0.3 is 0 Å². The molecule has 0 atom stereocenters. The van der Waals surface area contributed by atoms with Gasteiger partial charge in [-0.2, -0.15) is 5.26 Å². The SMILES string of the molecule is N#Cc1c[nH]n2c(Nc3ccccc3Br)c(-c3ccc(F)c(F)c3)nc12. The lowest BCUT2D eigenvalue weighted by atomic mass is 10.1. The van der Waals surface area contributed by atoms with Crippen LogP contribution >= 0.6 is 15.9 Å². The zero-order valence-electron chi connectivity index (χ0n) is 13.1. The molecule has 2 aromatic carbocycles. The van der Waals surface area contributed by atoms with E-state index in [4.69, 9.17) is 0 Å². The Labute approximate surface area is 155 Å². The van der Waals surface area contributed by atoms with Crippen LogP contribution in [0.2, 0.25) is 0 Å². The van der Waals surface area contributed by atoms with Gasteiger partial charge in [0, 0.05) is 16.2 Å². The van der Waals surface area contributed by atoms with E-state index in [0.717, 1.165) is 22.3 Å². The third-order valence-corrected chi connectivity index (χ3v) is 4.59. The molecule has 0 bridgehead atoms. The fourth-order valence-corrected chi connectivity index (χ4v) is 3.04. The molecule has 4 aromatic rings. The molecule has 2 aromatic heterocycles. The Bertz CT molecular complexity index is 1170. The van der Waals surface area contributed by atoms with Gasteiger partial charge in [0.1, 0.15) is 17.3 Å². The summed E-state index contributed by atoms with van der Waals surface area (Å²) in [7, 11) is 0. The number of imidazole rings is 1. The molecule has 0 radical (unpaired) electrons. The molecule has 8 heteroatoms. The number of halogens is 3. The van der Waals surface area contributed by atoms with Crippen LogP contribution in [0.4, 0.5) is 20.3 Å². The number of nitrogens with zero attached hydrogens (tertiary/aromatic N) is 3. The number of benzene rings is 2. The maximum absolute atomic E-state index is 13.7. The van der Waals surface area contributed by atoms with Crippen LogP contribution < -0.4 is 5.32 Å². The lowest BCUT2D eigenvalue weighted by molar-refractivity contribution is 0.509. The Morgan fingerprint density at radius 3 is 2.69 bits per heavy atom. The summed E-state index contributed by atoms with van der Waals surface area (Å²) in [5.41, 5.74) is 2.27. The van der Waals surface area contributed by atoms with Gasteiger partial charge in [-0.05, 0) is 46.3 Å². The van der Waals surface area contributed by atoms with Gasteiger partial charge < -0.3 is 5.32 Å². The van der Waals surface area contributed by atoms with Gasteiger partial charge in [-0.15, -0.1) is 0 Å². The van der Waals surface area contributed by atoms with E-state index in [9.17, 15) is 14.0 Å². The number of rotatable bonds is 3. The Hall–Kier alpha value is -3.18. The number of fused-ring (bicyclic) bond motifs is 1. The first-order valence-corrected chi connectivity index (χ1v) is 8.34. The second kappa shape index (κ2) is 6.28. The molecule has 0 fully saturated rings. The van der Waals surface area contributed by atoms with Crippen LogP contribution in [0.1, 0.15) is 5.56 Å². The first-order chi connectivity index (χ1) is 12.6. The Morgan fingerprint density at radius 2 is 1.96 bits per heavy atom. The van der Waals surface area contributed by atoms with Gasteiger partial charge in [-0.1, -0.05) is 12.1 Å². The summed E-state index contributed by atoms with van der Waals surface area (Å²) in [6.07, 6.45) is 1.53. The van der Waals surface area contributed by atoms with E-state index in [1.807, 2.05) is 24.3 Å². The molecule has 0 aliphatic heterocycles. The van der Waals surface area contributed by atoms with Crippen molar-refractivity contribution < 1.29 is 8.78 Å². The van der Waals surface area contributed by atoms with Crippen molar-refractivity contribution in [3.05, 3.63) is 70.3 Å². The van der Waals surface area contributed by atoms with Crippen molar-refractivity contribution in [3.63, 3.8) is 0 Å². The molecule has 0 saturated carbocycles. The molecule has 5 nitrogen and oxygen atoms in total. The van der Waals surface area contributed by atoms with Crippen LogP contribution in [0.15, 0.2) is 53.1 Å². The molecule has 4 rings (SSSR count). The number of nitrogens with one attached hydrogen (secondary N) is 2. The third-order valence-electron chi connectivity index (χ3n) is 3.90. The number of hydrogen-bond donors (Lipinski definition) is 2. The molecule has 0 saturated heterocycles. The number of para-hydroxylation sites is 1. The molecule has 0 aliphatic carbocycles. The highest BCUT2D eigenvalue weighted by molar-refractivity contribution is 9.10. The summed E-state index contributed by atoms with van der Waals surface area (Å²) < 4.78 is 29.4. The van der Waals surface area contributed by atoms with E-state index in [0.29, 0.717) is 28.3 Å². The minimum atomic E-state index is -0.966. The minimum Gasteiger partial charge on any atom is -0.337 e. The first kappa shape index (κ1) is 16.3. The molecule has 26 heavy (non-hydrogen) atoms. The second-order valence-corrected chi connectivity index (χ2v) is 6.36. The number of H-pyrrole nitrogens is 1. The van der Waals surface area contributed by atoms with E-state index in [2.05, 4.69) is 37.4 Å². The second-order valence-electron chi connectivity index (χ2n) is 5.50. The van der Waals surface area contributed by atoms with Crippen LogP contribution in [-0.4, -0.2) is 14.6 Å². The maximum atomic E-state index is 13.7. The fraction of sp³-hybridized carbons (Fsp3) is 0. The molecule has 2 N–H and O–H groups in total. The summed E-state index contributed by atoms with van der Waals surface area (Å²) >= 11 is 3.46. The average molecular weight is 414 g/mol. The van der Waals surface area contributed by atoms with E-state index in [-0.39, 0.29) is 0 Å². The van der Waals surface area contributed by atoms with Crippen molar-refractivity contribution in [2.45, 2.75) is 0 Å². The third kappa shape index (κ3) is 2.62. The molecule has 0 amide bonds. The first-order valence-electron chi connectivity index (χ1n) is 7.55. The number of hydrogen-bond acceptors (Lipinski definition) is 3. The van der Waals surface area contributed by atoms with E-state index >= 15 is 0 Å². The summed E-state index contributed by atoms with van der Waals surface area (Å²) in [5, 5.41) is 15.4. The summed E-state index contributed by atoms with van der Waals surface area (Å²) in [6, 6.07) is 13.1. The van der Waals surface area contributed by atoms with Crippen molar-refractivity contribution in [3.8, 4) is 17.3 Å². The predicted octanol–water partition coefficient (Wildman–Crippen LogP) is 4.99.